The molecule has 3 aromatic carbocycles. The maximum absolute atomic E-state index is 12.2. The lowest BCUT2D eigenvalue weighted by Crippen LogP contribution is -2.29. The minimum atomic E-state index is -0.323. The molecule has 0 unspecified atom stereocenters. The number of benzene rings is 3. The van der Waals surface area contributed by atoms with Gasteiger partial charge in [0.05, 0.1) is 19.9 Å². The van der Waals surface area contributed by atoms with Crippen molar-refractivity contribution in [2.45, 2.75) is 33.3 Å². The maximum Gasteiger partial charge on any atom is 0.251 e. The van der Waals surface area contributed by atoms with E-state index in [4.69, 9.17) is 14.2 Å². The van der Waals surface area contributed by atoms with Crippen molar-refractivity contribution < 1.29 is 23.8 Å². The Labute approximate surface area is 229 Å². The van der Waals surface area contributed by atoms with Crippen LogP contribution >= 0.6 is 0 Å². The minimum Gasteiger partial charge on any atom is -0.497 e. The van der Waals surface area contributed by atoms with Gasteiger partial charge in [0.2, 0.25) is 5.91 Å². The molecule has 0 fully saturated rings. The van der Waals surface area contributed by atoms with Gasteiger partial charge in [0.15, 0.2) is 11.5 Å². The molecule has 2 N–H and O–H groups in total. The molecule has 8 nitrogen and oxygen atoms in total. The second-order valence-corrected chi connectivity index (χ2v) is 8.73. The fourth-order valence-electron chi connectivity index (χ4n) is 3.70. The number of aryl methyl sites for hydroxylation is 1. The lowest BCUT2D eigenvalue weighted by molar-refractivity contribution is -0.120. The highest BCUT2D eigenvalue weighted by molar-refractivity contribution is 5.94. The van der Waals surface area contributed by atoms with Gasteiger partial charge in [-0.3, -0.25) is 9.59 Å². The molecule has 0 heterocycles. The van der Waals surface area contributed by atoms with Gasteiger partial charge in [0.1, 0.15) is 12.4 Å². The van der Waals surface area contributed by atoms with Gasteiger partial charge in [-0.05, 0) is 67.8 Å². The number of methoxy groups -OCH3 is 1. The number of allylic oxidation sites excluding steroid dienone is 1. The Bertz CT molecular complexity index is 1280. The molecule has 0 spiro atoms. The number of carbonyl (C=O) groups excluding carboxylic acids is 2. The van der Waals surface area contributed by atoms with Crippen molar-refractivity contribution in [3.05, 3.63) is 101 Å². The van der Waals surface area contributed by atoms with Crippen LogP contribution < -0.4 is 25.0 Å². The van der Waals surface area contributed by atoms with Crippen molar-refractivity contribution in [2.75, 3.05) is 20.3 Å². The van der Waals surface area contributed by atoms with Gasteiger partial charge in [0, 0.05) is 24.1 Å². The number of rotatable bonds is 14. The van der Waals surface area contributed by atoms with Crippen molar-refractivity contribution in [3.63, 3.8) is 0 Å². The van der Waals surface area contributed by atoms with Gasteiger partial charge in [-0.2, -0.15) is 5.10 Å². The fourth-order valence-corrected chi connectivity index (χ4v) is 3.70. The first kappa shape index (κ1) is 29.0. The standard InChI is InChI=1S/C31H35N3O5/c1-5-7-26-18-24(19-28(38-6-2)30(26)39-21-23-10-8-22(3)9-11-23)20-33-34-29(35)16-17-32-31(36)25-12-14-27(37-4)15-13-25/h5,8-15,18-20H,1,6-7,16-17,21H2,2-4H3,(H,32,36)(H,34,35). The van der Waals surface area contributed by atoms with E-state index >= 15 is 0 Å². The molecular formula is C31H35N3O5. The van der Waals surface area contributed by atoms with Crippen LogP contribution in [0.3, 0.4) is 0 Å². The fraction of sp³-hybridized carbons (Fsp3) is 0.258. The first-order valence-electron chi connectivity index (χ1n) is 12.8. The van der Waals surface area contributed by atoms with E-state index in [1.54, 1.807) is 43.7 Å². The Kier molecular flexibility index (Phi) is 11.1. The predicted octanol–water partition coefficient (Wildman–Crippen LogP) is 4.98. The molecule has 0 saturated heterocycles. The van der Waals surface area contributed by atoms with Crippen LogP contribution in [0.5, 0.6) is 17.2 Å². The van der Waals surface area contributed by atoms with Crippen LogP contribution in [0.25, 0.3) is 0 Å². The minimum absolute atomic E-state index is 0.0803. The van der Waals surface area contributed by atoms with Crippen LogP contribution in [-0.2, 0) is 17.8 Å². The van der Waals surface area contributed by atoms with Gasteiger partial charge < -0.3 is 19.5 Å². The van der Waals surface area contributed by atoms with E-state index in [2.05, 4.69) is 34.6 Å². The smallest absolute Gasteiger partial charge is 0.251 e. The summed E-state index contributed by atoms with van der Waals surface area (Å²) >= 11 is 0. The van der Waals surface area contributed by atoms with Crippen molar-refractivity contribution in [1.82, 2.24) is 10.7 Å². The molecule has 39 heavy (non-hydrogen) atoms. The molecule has 3 aromatic rings. The number of hydrazone groups is 1. The van der Waals surface area contributed by atoms with E-state index < -0.39 is 0 Å². The molecule has 0 aromatic heterocycles. The summed E-state index contributed by atoms with van der Waals surface area (Å²) in [4.78, 5) is 24.4. The lowest BCUT2D eigenvalue weighted by atomic mass is 10.1. The van der Waals surface area contributed by atoms with Crippen LogP contribution in [-0.4, -0.2) is 38.3 Å². The second-order valence-electron chi connectivity index (χ2n) is 8.73. The number of nitrogens with one attached hydrogen (secondary N) is 2. The molecule has 0 aliphatic heterocycles. The zero-order valence-electron chi connectivity index (χ0n) is 22.7. The second kappa shape index (κ2) is 15.0. The normalized spacial score (nSPS) is 10.6. The molecule has 0 atom stereocenters. The predicted molar refractivity (Wildman–Crippen MR) is 153 cm³/mol. The molecular weight excluding hydrogens is 494 g/mol. The first-order valence-corrected chi connectivity index (χ1v) is 12.8. The molecule has 0 saturated carbocycles. The lowest BCUT2D eigenvalue weighted by Gasteiger charge is -2.17. The molecule has 0 bridgehead atoms. The molecule has 3 rings (SSSR count). The van der Waals surface area contributed by atoms with Gasteiger partial charge in [-0.25, -0.2) is 5.43 Å². The van der Waals surface area contributed by atoms with Crippen molar-refractivity contribution in [3.8, 4) is 17.2 Å². The topological polar surface area (TPSA) is 98.3 Å². The average Bonchev–Trinajstić information content (AvgIpc) is 2.94. The van der Waals surface area contributed by atoms with Gasteiger partial charge in [-0.1, -0.05) is 35.9 Å². The summed E-state index contributed by atoms with van der Waals surface area (Å²) in [6.45, 7) is 8.87. The Morgan fingerprint density at radius 2 is 1.77 bits per heavy atom. The van der Waals surface area contributed by atoms with Crippen LogP contribution in [0.1, 0.15) is 46.0 Å². The monoisotopic (exact) mass is 529 g/mol. The first-order chi connectivity index (χ1) is 18.9. The zero-order valence-corrected chi connectivity index (χ0v) is 22.7. The maximum atomic E-state index is 12.2. The highest BCUT2D eigenvalue weighted by Gasteiger charge is 2.14. The SMILES string of the molecule is C=CCc1cc(C=NNC(=O)CCNC(=O)c2ccc(OC)cc2)cc(OCC)c1OCc1ccc(C)cc1. The highest BCUT2D eigenvalue weighted by atomic mass is 16.5. The third kappa shape index (κ3) is 9.03. The van der Waals surface area contributed by atoms with Crippen molar-refractivity contribution in [1.29, 1.82) is 0 Å². The highest BCUT2D eigenvalue weighted by Crippen LogP contribution is 2.34. The summed E-state index contributed by atoms with van der Waals surface area (Å²) in [7, 11) is 1.56. The van der Waals surface area contributed by atoms with E-state index in [-0.39, 0.29) is 24.8 Å². The zero-order chi connectivity index (χ0) is 28.0. The van der Waals surface area contributed by atoms with E-state index in [1.165, 1.54) is 5.56 Å². The third-order valence-electron chi connectivity index (χ3n) is 5.71. The van der Waals surface area contributed by atoms with Gasteiger partial charge in [-0.15, -0.1) is 6.58 Å². The summed E-state index contributed by atoms with van der Waals surface area (Å²) in [6.07, 6.45) is 4.00. The largest absolute Gasteiger partial charge is 0.497 e. The van der Waals surface area contributed by atoms with Crippen molar-refractivity contribution >= 4 is 18.0 Å². The number of carbonyl (C=O) groups is 2. The summed E-state index contributed by atoms with van der Waals surface area (Å²) in [5.74, 6) is 1.33. The molecule has 8 heteroatoms. The van der Waals surface area contributed by atoms with Crippen molar-refractivity contribution in [2.24, 2.45) is 5.10 Å². The number of amides is 2. The van der Waals surface area contributed by atoms with Crippen LogP contribution in [0.4, 0.5) is 0 Å². The van der Waals surface area contributed by atoms with E-state index in [1.807, 2.05) is 38.1 Å². The van der Waals surface area contributed by atoms with E-state index in [0.717, 1.165) is 16.7 Å². The summed E-state index contributed by atoms with van der Waals surface area (Å²) in [6, 6.07) is 18.7. The van der Waals surface area contributed by atoms with Crippen LogP contribution in [0.2, 0.25) is 0 Å². The van der Waals surface area contributed by atoms with E-state index in [9.17, 15) is 9.59 Å². The molecule has 2 amide bonds. The quantitative estimate of drug-likeness (QED) is 0.174. The third-order valence-corrected chi connectivity index (χ3v) is 5.71. The number of ether oxygens (including phenoxy) is 3. The van der Waals surface area contributed by atoms with Gasteiger partial charge in [0.25, 0.3) is 5.91 Å². The summed E-state index contributed by atoms with van der Waals surface area (Å²) < 4.78 is 17.1. The van der Waals surface area contributed by atoms with E-state index in [0.29, 0.717) is 42.4 Å². The molecule has 0 aliphatic rings. The summed E-state index contributed by atoms with van der Waals surface area (Å²) in [5.41, 5.74) is 6.87. The summed E-state index contributed by atoms with van der Waals surface area (Å²) in [5, 5.41) is 6.80. The molecule has 0 radical (unpaired) electrons. The number of hydrogen-bond acceptors (Lipinski definition) is 6. The van der Waals surface area contributed by atoms with Crippen LogP contribution in [0, 0.1) is 6.92 Å². The Hall–Kier alpha value is -4.59. The Balaban J connectivity index is 1.59. The average molecular weight is 530 g/mol. The van der Waals surface area contributed by atoms with Crippen LogP contribution in [0.15, 0.2) is 78.4 Å². The number of hydrogen-bond donors (Lipinski definition) is 2. The Morgan fingerprint density at radius 1 is 1.03 bits per heavy atom. The Morgan fingerprint density at radius 3 is 2.44 bits per heavy atom. The van der Waals surface area contributed by atoms with Gasteiger partial charge >= 0.3 is 0 Å². The molecule has 0 aliphatic carbocycles. The number of nitrogens with zero attached hydrogens (tertiary/aromatic N) is 1. The molecule has 204 valence electrons.